The van der Waals surface area contributed by atoms with E-state index in [-0.39, 0.29) is 29.3 Å². The molecule has 0 bridgehead atoms. The van der Waals surface area contributed by atoms with Crippen molar-refractivity contribution in [3.8, 4) is 0 Å². The zero-order valence-electron chi connectivity index (χ0n) is 15.8. The first-order chi connectivity index (χ1) is 13.4. The quantitative estimate of drug-likeness (QED) is 0.608. The molecule has 148 valence electrons. The van der Waals surface area contributed by atoms with Gasteiger partial charge in [0.2, 0.25) is 0 Å². The predicted octanol–water partition coefficient (Wildman–Crippen LogP) is 4.23. The molecule has 1 saturated carbocycles. The number of halogens is 2. The first-order valence-electron chi connectivity index (χ1n) is 9.42. The lowest BCUT2D eigenvalue weighted by atomic mass is 10.1. The lowest BCUT2D eigenvalue weighted by molar-refractivity contribution is 0.0729. The molecule has 0 saturated heterocycles. The Hall–Kier alpha value is -2.77. The minimum atomic E-state index is -2.68. The van der Waals surface area contributed by atoms with E-state index >= 15 is 0 Å². The molecule has 3 aromatic heterocycles. The molecule has 0 aromatic carbocycles. The molecular formula is C20H22F2N4O2. The van der Waals surface area contributed by atoms with Crippen LogP contribution < -0.4 is 0 Å². The maximum absolute atomic E-state index is 13.5. The molecule has 4 rings (SSSR count). The van der Waals surface area contributed by atoms with E-state index in [4.69, 9.17) is 4.42 Å². The number of aromatic nitrogens is 3. The predicted molar refractivity (Wildman–Crippen MR) is 98.5 cm³/mol. The van der Waals surface area contributed by atoms with E-state index in [1.165, 1.54) is 12.1 Å². The fraction of sp³-hybridized carbons (Fsp3) is 0.450. The third-order valence-electron chi connectivity index (χ3n) is 5.28. The van der Waals surface area contributed by atoms with Crippen molar-refractivity contribution in [1.82, 2.24) is 19.5 Å². The van der Waals surface area contributed by atoms with Crippen molar-refractivity contribution in [2.75, 3.05) is 7.05 Å². The molecule has 0 radical (unpaired) electrons. The number of furan rings is 1. The van der Waals surface area contributed by atoms with E-state index in [0.29, 0.717) is 17.8 Å². The molecule has 1 aliphatic carbocycles. The van der Waals surface area contributed by atoms with Crippen LogP contribution in [0.1, 0.15) is 66.2 Å². The van der Waals surface area contributed by atoms with Crippen LogP contribution in [0, 0.1) is 0 Å². The maximum Gasteiger partial charge on any atom is 0.280 e. The molecule has 1 unspecified atom stereocenters. The number of hydrogen-bond acceptors (Lipinski definition) is 4. The average Bonchev–Trinajstić information content (AvgIpc) is 3.23. The summed E-state index contributed by atoms with van der Waals surface area (Å²) in [6.45, 7) is 1.94. The second-order valence-electron chi connectivity index (χ2n) is 7.36. The summed E-state index contributed by atoms with van der Waals surface area (Å²) in [4.78, 5) is 18.9. The lowest BCUT2D eigenvalue weighted by Gasteiger charge is -2.23. The summed E-state index contributed by atoms with van der Waals surface area (Å²) < 4.78 is 33.4. The Morgan fingerprint density at radius 1 is 1.39 bits per heavy atom. The number of rotatable bonds is 7. The van der Waals surface area contributed by atoms with E-state index in [1.54, 1.807) is 18.2 Å². The van der Waals surface area contributed by atoms with Gasteiger partial charge in [0.15, 0.2) is 11.3 Å². The normalized spacial score (nSPS) is 15.3. The van der Waals surface area contributed by atoms with Crippen LogP contribution in [0.25, 0.3) is 5.65 Å². The van der Waals surface area contributed by atoms with Gasteiger partial charge in [0, 0.05) is 37.2 Å². The number of alkyl halides is 2. The summed E-state index contributed by atoms with van der Waals surface area (Å²) in [7, 11) is 1.69. The summed E-state index contributed by atoms with van der Waals surface area (Å²) >= 11 is 0. The average molecular weight is 388 g/mol. The highest BCUT2D eigenvalue weighted by atomic mass is 19.3. The molecular weight excluding hydrogens is 366 g/mol. The fourth-order valence-corrected chi connectivity index (χ4v) is 3.25. The zero-order chi connectivity index (χ0) is 19.8. The molecule has 1 atom stereocenters. The Balaban J connectivity index is 1.55. The monoisotopic (exact) mass is 388 g/mol. The Morgan fingerprint density at radius 3 is 2.82 bits per heavy atom. The van der Waals surface area contributed by atoms with Crippen LogP contribution in [-0.2, 0) is 6.42 Å². The number of aryl methyl sites for hydroxylation is 1. The van der Waals surface area contributed by atoms with Crippen molar-refractivity contribution in [3.05, 3.63) is 53.4 Å². The van der Waals surface area contributed by atoms with Crippen molar-refractivity contribution in [3.63, 3.8) is 0 Å². The highest BCUT2D eigenvalue weighted by molar-refractivity contribution is 5.93. The lowest BCUT2D eigenvalue weighted by Crippen LogP contribution is -2.35. The number of nitrogens with zero attached hydrogens (tertiary/aromatic N) is 4. The summed E-state index contributed by atoms with van der Waals surface area (Å²) in [6, 6.07) is 6.56. The number of carbonyl (C=O) groups is 1. The number of fused-ring (bicyclic) bond motifs is 1. The third-order valence-corrected chi connectivity index (χ3v) is 5.28. The second-order valence-corrected chi connectivity index (χ2v) is 7.36. The Labute approximate surface area is 161 Å². The second kappa shape index (κ2) is 7.33. The summed E-state index contributed by atoms with van der Waals surface area (Å²) in [5.41, 5.74) is 0.843. The summed E-state index contributed by atoms with van der Waals surface area (Å²) in [6.07, 6.45) is 2.28. The Morgan fingerprint density at radius 2 is 2.18 bits per heavy atom. The summed E-state index contributed by atoms with van der Waals surface area (Å²) in [5.74, 6) is 0.783. The van der Waals surface area contributed by atoms with Gasteiger partial charge in [0.1, 0.15) is 11.5 Å². The van der Waals surface area contributed by atoms with Gasteiger partial charge in [0.25, 0.3) is 12.3 Å². The van der Waals surface area contributed by atoms with Gasteiger partial charge >= 0.3 is 0 Å². The van der Waals surface area contributed by atoms with Gasteiger partial charge in [-0.1, -0.05) is 0 Å². The first-order valence-corrected chi connectivity index (χ1v) is 9.42. The SMILES string of the molecule is CC(CCc1ccco1)N(C)C(=O)c1cc2nc(C3CC3)cc(C(F)F)n2n1. The van der Waals surface area contributed by atoms with Crippen molar-refractivity contribution in [2.45, 2.75) is 51.0 Å². The van der Waals surface area contributed by atoms with Crippen LogP contribution in [-0.4, -0.2) is 38.5 Å². The number of hydrogen-bond donors (Lipinski definition) is 0. The van der Waals surface area contributed by atoms with Gasteiger partial charge < -0.3 is 9.32 Å². The van der Waals surface area contributed by atoms with E-state index in [2.05, 4.69) is 10.1 Å². The van der Waals surface area contributed by atoms with Crippen LogP contribution in [0.4, 0.5) is 8.78 Å². The standard InChI is InChI=1S/C20H22F2N4O2/c1-12(5-8-14-4-3-9-28-14)25(2)20(27)16-11-18-23-15(13-6-7-13)10-17(19(21)22)26(18)24-16/h3-4,9-13,19H,5-8H2,1-2H3. The minimum Gasteiger partial charge on any atom is -0.469 e. The molecule has 1 amide bonds. The van der Waals surface area contributed by atoms with E-state index in [9.17, 15) is 13.6 Å². The smallest absolute Gasteiger partial charge is 0.280 e. The van der Waals surface area contributed by atoms with Crippen LogP contribution in [0.3, 0.4) is 0 Å². The van der Waals surface area contributed by atoms with Crippen molar-refractivity contribution in [2.24, 2.45) is 0 Å². The van der Waals surface area contributed by atoms with Crippen molar-refractivity contribution in [1.29, 1.82) is 0 Å². The largest absolute Gasteiger partial charge is 0.469 e. The molecule has 6 nitrogen and oxygen atoms in total. The van der Waals surface area contributed by atoms with Gasteiger partial charge in [-0.3, -0.25) is 4.79 Å². The molecule has 1 aliphatic rings. The van der Waals surface area contributed by atoms with E-state index in [0.717, 1.165) is 29.5 Å². The Kier molecular flexibility index (Phi) is 4.87. The molecule has 1 fully saturated rings. The van der Waals surface area contributed by atoms with Crippen LogP contribution >= 0.6 is 0 Å². The van der Waals surface area contributed by atoms with Gasteiger partial charge in [-0.15, -0.1) is 0 Å². The van der Waals surface area contributed by atoms with Gasteiger partial charge in [-0.05, 0) is 44.4 Å². The molecule has 8 heteroatoms. The van der Waals surface area contributed by atoms with Crippen LogP contribution in [0.15, 0.2) is 34.9 Å². The van der Waals surface area contributed by atoms with Crippen LogP contribution in [0.5, 0.6) is 0 Å². The molecule has 28 heavy (non-hydrogen) atoms. The highest BCUT2D eigenvalue weighted by Gasteiger charge is 2.29. The van der Waals surface area contributed by atoms with Gasteiger partial charge in [-0.2, -0.15) is 5.10 Å². The van der Waals surface area contributed by atoms with Crippen LogP contribution in [0.2, 0.25) is 0 Å². The molecule has 0 aliphatic heterocycles. The van der Waals surface area contributed by atoms with Crippen molar-refractivity contribution < 1.29 is 18.0 Å². The fourth-order valence-electron chi connectivity index (χ4n) is 3.25. The summed E-state index contributed by atoms with van der Waals surface area (Å²) in [5, 5.41) is 4.13. The topological polar surface area (TPSA) is 63.6 Å². The third kappa shape index (κ3) is 3.63. The molecule has 3 aromatic rings. The molecule has 0 N–H and O–H groups in total. The van der Waals surface area contributed by atoms with E-state index in [1.807, 2.05) is 19.1 Å². The van der Waals surface area contributed by atoms with Crippen molar-refractivity contribution >= 4 is 11.6 Å². The highest BCUT2D eigenvalue weighted by Crippen LogP contribution is 2.40. The molecule has 0 spiro atoms. The number of amides is 1. The van der Waals surface area contributed by atoms with E-state index < -0.39 is 6.43 Å². The first kappa shape index (κ1) is 18.6. The number of carbonyl (C=O) groups excluding carboxylic acids is 1. The van der Waals surface area contributed by atoms with Gasteiger partial charge in [0.05, 0.1) is 6.26 Å². The van der Waals surface area contributed by atoms with Gasteiger partial charge in [-0.25, -0.2) is 18.3 Å². The minimum absolute atomic E-state index is 0.0630. The zero-order valence-corrected chi connectivity index (χ0v) is 15.8. The molecule has 3 heterocycles. The maximum atomic E-state index is 13.5. The Bertz CT molecular complexity index is 980.